The van der Waals surface area contributed by atoms with Gasteiger partial charge in [-0.1, -0.05) is 66.9 Å². The first kappa shape index (κ1) is 23.2. The highest BCUT2D eigenvalue weighted by molar-refractivity contribution is 6.33. The normalized spacial score (nSPS) is 18.7. The van der Waals surface area contributed by atoms with Crippen molar-refractivity contribution in [2.75, 3.05) is 0 Å². The summed E-state index contributed by atoms with van der Waals surface area (Å²) in [5.74, 6) is 0.634. The highest BCUT2D eigenvalue weighted by atomic mass is 35.5. The molecular formula is C28H28Cl2N2O2. The molecule has 34 heavy (non-hydrogen) atoms. The average Bonchev–Trinajstić information content (AvgIpc) is 2.84. The van der Waals surface area contributed by atoms with E-state index in [9.17, 15) is 4.79 Å². The van der Waals surface area contributed by atoms with Gasteiger partial charge < -0.3 is 10.1 Å². The number of nitrogens with zero attached hydrogens (tertiary/aromatic N) is 1. The van der Waals surface area contributed by atoms with Gasteiger partial charge in [0.2, 0.25) is 11.8 Å². The maximum Gasteiger partial charge on any atom is 0.220 e. The van der Waals surface area contributed by atoms with Gasteiger partial charge in [-0.25, -0.2) is 4.98 Å². The number of ether oxygens (including phenoxy) is 1. The van der Waals surface area contributed by atoms with E-state index in [2.05, 4.69) is 11.4 Å². The van der Waals surface area contributed by atoms with E-state index in [1.54, 1.807) is 0 Å². The van der Waals surface area contributed by atoms with E-state index in [1.807, 2.05) is 55.5 Å². The summed E-state index contributed by atoms with van der Waals surface area (Å²) >= 11 is 12.8. The summed E-state index contributed by atoms with van der Waals surface area (Å²) in [6.45, 7) is 1.88. The van der Waals surface area contributed by atoms with Crippen LogP contribution < -0.4 is 10.1 Å². The van der Waals surface area contributed by atoms with E-state index < -0.39 is 0 Å². The zero-order chi connectivity index (χ0) is 23.7. The number of pyridine rings is 1. The summed E-state index contributed by atoms with van der Waals surface area (Å²) in [6, 6.07) is 17.4. The van der Waals surface area contributed by atoms with Crippen LogP contribution in [0.5, 0.6) is 5.88 Å². The van der Waals surface area contributed by atoms with E-state index >= 15 is 0 Å². The van der Waals surface area contributed by atoms with E-state index in [0.29, 0.717) is 22.3 Å². The van der Waals surface area contributed by atoms with E-state index in [1.165, 1.54) is 6.42 Å². The molecule has 0 bridgehead atoms. The predicted molar refractivity (Wildman–Crippen MR) is 137 cm³/mol. The third kappa shape index (κ3) is 4.54. The molecule has 1 unspecified atom stereocenters. The lowest BCUT2D eigenvalue weighted by Crippen LogP contribution is -2.46. The maximum atomic E-state index is 12.5. The van der Waals surface area contributed by atoms with Crippen molar-refractivity contribution in [2.24, 2.45) is 0 Å². The van der Waals surface area contributed by atoms with Gasteiger partial charge in [-0.15, -0.1) is 0 Å². The number of hydrogen-bond donors (Lipinski definition) is 1. The minimum Gasteiger partial charge on any atom is -0.471 e. The molecule has 1 saturated carbocycles. The molecule has 0 radical (unpaired) electrons. The molecule has 2 aromatic carbocycles. The SMILES string of the molecule is CCC(=O)NC1CC2(CCCCC2)Oc2nc(-c3ccccc3Cl)c(-c3ccc(Cl)cc3)cc21. The number of fused-ring (bicyclic) bond motifs is 1. The number of carbonyl (C=O) groups is 1. The van der Waals surface area contributed by atoms with Gasteiger partial charge >= 0.3 is 0 Å². The van der Waals surface area contributed by atoms with Crippen molar-refractivity contribution in [1.29, 1.82) is 0 Å². The van der Waals surface area contributed by atoms with Gasteiger partial charge in [0.25, 0.3) is 0 Å². The van der Waals surface area contributed by atoms with Crippen LogP contribution in [0.1, 0.15) is 63.5 Å². The van der Waals surface area contributed by atoms with Gasteiger partial charge in [0, 0.05) is 39.6 Å². The number of hydrogen-bond acceptors (Lipinski definition) is 3. The van der Waals surface area contributed by atoms with Gasteiger partial charge in [-0.3, -0.25) is 4.79 Å². The van der Waals surface area contributed by atoms with Gasteiger partial charge in [0.15, 0.2) is 0 Å². The molecule has 1 aromatic heterocycles. The van der Waals surface area contributed by atoms with Crippen LogP contribution in [0.3, 0.4) is 0 Å². The van der Waals surface area contributed by atoms with Crippen LogP contribution in [0.4, 0.5) is 0 Å². The molecule has 2 aliphatic rings. The monoisotopic (exact) mass is 494 g/mol. The van der Waals surface area contributed by atoms with E-state index in [4.69, 9.17) is 32.9 Å². The Morgan fingerprint density at radius 1 is 1.06 bits per heavy atom. The second-order valence-corrected chi connectivity index (χ2v) is 10.1. The fourth-order valence-electron chi connectivity index (χ4n) is 5.21. The highest BCUT2D eigenvalue weighted by Crippen LogP contribution is 2.48. The first-order chi connectivity index (χ1) is 16.5. The number of nitrogens with one attached hydrogen (secondary N) is 1. The molecule has 5 rings (SSSR count). The summed E-state index contributed by atoms with van der Waals surface area (Å²) in [6.07, 6.45) is 6.64. The number of amides is 1. The molecule has 1 spiro atoms. The molecule has 1 aliphatic heterocycles. The zero-order valence-corrected chi connectivity index (χ0v) is 20.8. The third-order valence-electron chi connectivity index (χ3n) is 6.99. The molecule has 1 atom stereocenters. The quantitative estimate of drug-likeness (QED) is 0.402. The molecule has 4 nitrogen and oxygen atoms in total. The lowest BCUT2D eigenvalue weighted by Gasteiger charge is -2.44. The van der Waals surface area contributed by atoms with Crippen LogP contribution in [0, 0.1) is 0 Å². The van der Waals surface area contributed by atoms with Crippen molar-refractivity contribution in [2.45, 2.75) is 63.5 Å². The van der Waals surface area contributed by atoms with Gasteiger partial charge in [0.1, 0.15) is 5.60 Å². The first-order valence-electron chi connectivity index (χ1n) is 12.0. The lowest BCUT2D eigenvalue weighted by molar-refractivity contribution is -0.122. The molecule has 2 heterocycles. The minimum atomic E-state index is -0.288. The lowest BCUT2D eigenvalue weighted by atomic mass is 9.77. The molecule has 1 fully saturated rings. The Kier molecular flexibility index (Phi) is 6.54. The predicted octanol–water partition coefficient (Wildman–Crippen LogP) is 7.78. The van der Waals surface area contributed by atoms with Gasteiger partial charge in [-0.2, -0.15) is 0 Å². The largest absolute Gasteiger partial charge is 0.471 e. The summed E-state index contributed by atoms with van der Waals surface area (Å²) in [7, 11) is 0. The summed E-state index contributed by atoms with van der Waals surface area (Å²) in [5, 5.41) is 4.55. The molecule has 176 valence electrons. The Morgan fingerprint density at radius 3 is 2.50 bits per heavy atom. The molecule has 1 amide bonds. The fourth-order valence-corrected chi connectivity index (χ4v) is 5.56. The van der Waals surface area contributed by atoms with E-state index in [-0.39, 0.29) is 17.6 Å². The van der Waals surface area contributed by atoms with Crippen LogP contribution in [-0.2, 0) is 4.79 Å². The Morgan fingerprint density at radius 2 is 1.79 bits per heavy atom. The van der Waals surface area contributed by atoms with E-state index in [0.717, 1.165) is 60.1 Å². The number of benzene rings is 2. The van der Waals surface area contributed by atoms with Crippen LogP contribution in [0.25, 0.3) is 22.4 Å². The van der Waals surface area contributed by atoms with Crippen molar-refractivity contribution in [3.63, 3.8) is 0 Å². The van der Waals surface area contributed by atoms with Crippen LogP contribution in [-0.4, -0.2) is 16.5 Å². The Balaban J connectivity index is 1.70. The van der Waals surface area contributed by atoms with Crippen molar-refractivity contribution < 1.29 is 9.53 Å². The second kappa shape index (κ2) is 9.59. The van der Waals surface area contributed by atoms with Crippen molar-refractivity contribution in [3.8, 4) is 28.3 Å². The molecule has 1 aliphatic carbocycles. The molecule has 0 saturated heterocycles. The molecule has 1 N–H and O–H groups in total. The number of rotatable bonds is 4. The Labute approximate surface area is 210 Å². The summed E-state index contributed by atoms with van der Waals surface area (Å²) in [4.78, 5) is 17.6. The van der Waals surface area contributed by atoms with Crippen molar-refractivity contribution in [1.82, 2.24) is 10.3 Å². The van der Waals surface area contributed by atoms with Gasteiger partial charge in [0.05, 0.1) is 11.7 Å². The summed E-state index contributed by atoms with van der Waals surface area (Å²) < 4.78 is 6.69. The third-order valence-corrected chi connectivity index (χ3v) is 7.57. The minimum absolute atomic E-state index is 0.0343. The topological polar surface area (TPSA) is 51.2 Å². The Bertz CT molecular complexity index is 1200. The first-order valence-corrected chi connectivity index (χ1v) is 12.8. The van der Waals surface area contributed by atoms with Gasteiger partial charge in [-0.05, 0) is 55.5 Å². The number of halogens is 2. The number of carbonyl (C=O) groups excluding carboxylic acids is 1. The van der Waals surface area contributed by atoms with Crippen molar-refractivity contribution >= 4 is 29.1 Å². The maximum absolute atomic E-state index is 12.5. The number of aromatic nitrogens is 1. The summed E-state index contributed by atoms with van der Waals surface area (Å²) in [5.41, 5.74) is 4.15. The average molecular weight is 495 g/mol. The highest BCUT2D eigenvalue weighted by Gasteiger charge is 2.43. The molecule has 6 heteroatoms. The van der Waals surface area contributed by atoms with Crippen LogP contribution >= 0.6 is 23.2 Å². The second-order valence-electron chi connectivity index (χ2n) is 9.29. The zero-order valence-electron chi connectivity index (χ0n) is 19.2. The molecule has 3 aromatic rings. The molecular weight excluding hydrogens is 467 g/mol. The smallest absolute Gasteiger partial charge is 0.220 e. The van der Waals surface area contributed by atoms with Crippen LogP contribution in [0.15, 0.2) is 54.6 Å². The standard InChI is InChI=1S/C28H28Cl2N2O2/c1-2-25(33)31-24-17-28(14-6-3-7-15-28)34-27-22(24)16-21(18-10-12-19(29)13-11-18)26(32-27)20-8-4-5-9-23(20)30/h4-5,8-13,16,24H,2-3,6-7,14-15,17H2,1H3,(H,31,33). The Hall–Kier alpha value is -2.56. The van der Waals surface area contributed by atoms with Crippen LogP contribution in [0.2, 0.25) is 10.0 Å². The van der Waals surface area contributed by atoms with Crippen molar-refractivity contribution in [3.05, 3.63) is 70.2 Å². The fraction of sp³-hybridized carbons (Fsp3) is 0.357.